The van der Waals surface area contributed by atoms with E-state index in [1.807, 2.05) is 50.5 Å². The number of carbonyl (C=O) groups is 8. The number of amides is 8. The number of non-ortho nitro benzene ring substituents is 2. The third kappa shape index (κ3) is 29.1. The molecule has 0 atom stereocenters. The number of piperidine rings is 5. The first-order valence-electron chi connectivity index (χ1n) is 38.3. The molecule has 108 heavy (non-hydrogen) atoms. The van der Waals surface area contributed by atoms with Gasteiger partial charge in [0.1, 0.15) is 0 Å². The summed E-state index contributed by atoms with van der Waals surface area (Å²) in [4.78, 5) is 126. The first-order valence-corrected chi connectivity index (χ1v) is 38.3. The maximum atomic E-state index is 12.6. The Hall–Kier alpha value is -9.80. The second-order valence-corrected chi connectivity index (χ2v) is 27.7. The summed E-state index contributed by atoms with van der Waals surface area (Å²) in [5.41, 5.74) is 21.5. The third-order valence-corrected chi connectivity index (χ3v) is 20.1. The topological polar surface area (TPSA) is 377 Å². The Labute approximate surface area is 636 Å². The van der Waals surface area contributed by atoms with E-state index in [1.54, 1.807) is 91.0 Å². The fraction of sp³-hybridized carbons (Fsp3) is 0.506. The number of nitrogens with zero attached hydrogens (tertiary/aromatic N) is 7. The van der Waals surface area contributed by atoms with Crippen LogP contribution in [0.25, 0.3) is 0 Å². The van der Waals surface area contributed by atoms with Crippen LogP contribution in [0.2, 0.25) is 0 Å². The summed E-state index contributed by atoms with van der Waals surface area (Å²) in [6, 6.07) is 34.9. The van der Waals surface area contributed by atoms with Gasteiger partial charge in [-0.1, -0.05) is 80.6 Å². The smallest absolute Gasteiger partial charge is 0.269 e. The molecule has 586 valence electrons. The van der Waals surface area contributed by atoms with E-state index in [-0.39, 0.29) is 47.0 Å². The zero-order valence-electron chi connectivity index (χ0n) is 63.6. The monoisotopic (exact) mass is 1490 g/mol. The van der Waals surface area contributed by atoms with Crippen molar-refractivity contribution in [3.63, 3.8) is 0 Å². The third-order valence-electron chi connectivity index (χ3n) is 20.1. The van der Waals surface area contributed by atoms with Gasteiger partial charge in [0, 0.05) is 104 Å². The van der Waals surface area contributed by atoms with Gasteiger partial charge in [-0.2, -0.15) is 0 Å². The van der Waals surface area contributed by atoms with Crippen LogP contribution < -0.4 is 43.8 Å². The van der Waals surface area contributed by atoms with Crippen LogP contribution in [0.15, 0.2) is 134 Å². The second kappa shape index (κ2) is 47.1. The zero-order chi connectivity index (χ0) is 78.3. The van der Waals surface area contributed by atoms with Gasteiger partial charge in [0.05, 0.1) is 42.0 Å². The number of likely N-dealkylation sites (N-methyl/N-ethyl adjacent to an activating group) is 2. The lowest BCUT2D eigenvalue weighted by molar-refractivity contribution is -0.385. The zero-order valence-corrected chi connectivity index (χ0v) is 63.6. The maximum absolute atomic E-state index is 12.6. The molecule has 5 heterocycles. The van der Waals surface area contributed by atoms with E-state index in [4.69, 9.17) is 17.2 Å². The average Bonchev–Trinajstić information content (AvgIpc) is 0.865. The molecule has 10 rings (SSSR count). The van der Waals surface area contributed by atoms with Gasteiger partial charge in [-0.15, -0.1) is 6.58 Å². The molecule has 0 aliphatic carbocycles. The van der Waals surface area contributed by atoms with E-state index < -0.39 is 27.6 Å². The van der Waals surface area contributed by atoms with Gasteiger partial charge in [0.15, 0.2) is 0 Å². The largest absolute Gasteiger partial charge is 0.366 e. The van der Waals surface area contributed by atoms with E-state index in [0.29, 0.717) is 86.1 Å². The number of carbonyl (C=O) groups excluding carboxylic acids is 8. The number of hydrogen-bond donors (Lipinski definition) is 8. The molecule has 11 N–H and O–H groups in total. The molecule has 5 aliphatic rings. The van der Waals surface area contributed by atoms with Crippen molar-refractivity contribution in [2.24, 2.45) is 17.2 Å². The second-order valence-electron chi connectivity index (χ2n) is 27.7. The average molecular weight is 1490 g/mol. The highest BCUT2D eigenvalue weighted by atomic mass is 16.6. The number of nitro benzene ring substituents is 2. The molecule has 8 amide bonds. The van der Waals surface area contributed by atoms with Gasteiger partial charge in [-0.3, -0.25) is 58.6 Å². The fourth-order valence-corrected chi connectivity index (χ4v) is 14.2. The van der Waals surface area contributed by atoms with Crippen LogP contribution in [-0.4, -0.2) is 210 Å². The molecule has 5 fully saturated rings. The van der Waals surface area contributed by atoms with Gasteiger partial charge in [-0.05, 0) is 221 Å². The predicted molar refractivity (Wildman–Crippen MR) is 420 cm³/mol. The minimum absolute atomic E-state index is 0.0527. The lowest BCUT2D eigenvalue weighted by Crippen LogP contribution is -2.47. The molecule has 27 nitrogen and oxygen atoms in total. The van der Waals surface area contributed by atoms with Crippen LogP contribution >= 0.6 is 0 Å². The predicted octanol–water partition coefficient (Wildman–Crippen LogP) is 7.21. The molecule has 0 saturated carbocycles. The van der Waals surface area contributed by atoms with Crippen molar-refractivity contribution in [3.05, 3.63) is 199 Å². The number of nitrogens with one attached hydrogen (secondary N) is 5. The number of nitro groups is 2. The van der Waals surface area contributed by atoms with Crippen molar-refractivity contribution in [1.82, 2.24) is 51.1 Å². The van der Waals surface area contributed by atoms with Crippen molar-refractivity contribution < 1.29 is 48.2 Å². The fourth-order valence-electron chi connectivity index (χ4n) is 14.2. The Morgan fingerprint density at radius 2 is 0.565 bits per heavy atom. The van der Waals surface area contributed by atoms with Crippen LogP contribution in [0.4, 0.5) is 11.4 Å². The number of rotatable bonds is 28. The number of nitrogens with two attached hydrogens (primary N) is 3. The van der Waals surface area contributed by atoms with Crippen molar-refractivity contribution in [2.75, 3.05) is 98.2 Å². The van der Waals surface area contributed by atoms with Gasteiger partial charge in [0.2, 0.25) is 47.3 Å². The molecular formula is C81H115N15O12. The van der Waals surface area contributed by atoms with E-state index in [9.17, 15) is 58.6 Å². The highest BCUT2D eigenvalue weighted by molar-refractivity contribution is 5.94. The van der Waals surface area contributed by atoms with Crippen LogP contribution in [0.5, 0.6) is 0 Å². The Morgan fingerprint density at radius 1 is 0.361 bits per heavy atom. The highest BCUT2D eigenvalue weighted by Gasteiger charge is 2.30. The molecule has 0 spiro atoms. The molecule has 5 aromatic carbocycles. The summed E-state index contributed by atoms with van der Waals surface area (Å²) < 4.78 is 0. The molecule has 0 radical (unpaired) electrons. The van der Waals surface area contributed by atoms with Crippen LogP contribution in [0, 0.1) is 20.2 Å². The minimum atomic E-state index is -0.458. The van der Waals surface area contributed by atoms with Crippen LogP contribution in [-0.2, 0) is 56.1 Å². The standard InChI is InChI=1S/C17H25N3O2.C17H23N3O2.C16H23N3O3.C16H23N3O2.C15H21N3O3/c2*1-2-11-20(15-7-9-19-10-8-15)16(21)12-13-3-5-14(6-4-13)17(18)22;1-2-11-18(14-7-9-17-10-8-14)16(20)12-13-3-5-15(6-4-13)19(21)22;1-2-19(14-7-9-18-10-8-14)15(20)11-12-3-5-13(6-4-12)16(17)21;1-2-17(13-7-9-16-10-8-13)15(19)11-12-3-5-14(6-4-12)18(20)21/h3-6,15,19H,2,7-12H2,1H3,(H2,18,22);2-6,15,19H,1,7-12H2,(H2,18,22);3-6,14,17H,2,7-12H2,1H3;3-6,14,18H,2,7-11H2,1H3,(H2,17,21);3-6,13,16H,2,7-11H2,1H3. The molecule has 0 aromatic heterocycles. The van der Waals surface area contributed by atoms with Gasteiger partial charge in [-0.25, -0.2) is 0 Å². The van der Waals surface area contributed by atoms with Gasteiger partial charge >= 0.3 is 0 Å². The molecule has 0 unspecified atom stereocenters. The highest BCUT2D eigenvalue weighted by Crippen LogP contribution is 2.22. The van der Waals surface area contributed by atoms with E-state index in [2.05, 4.69) is 47.0 Å². The Kier molecular flexibility index (Phi) is 38.0. The van der Waals surface area contributed by atoms with Crippen molar-refractivity contribution in [1.29, 1.82) is 0 Å². The molecule has 27 heteroatoms. The number of hydrogen-bond acceptors (Lipinski definition) is 17. The van der Waals surface area contributed by atoms with Crippen LogP contribution in [0.1, 0.15) is 164 Å². The molecule has 5 aliphatic heterocycles. The molecule has 0 bridgehead atoms. The summed E-state index contributed by atoms with van der Waals surface area (Å²) in [7, 11) is 0. The molecular weight excluding hydrogens is 1370 g/mol. The lowest BCUT2D eigenvalue weighted by atomic mass is 10.0. The van der Waals surface area contributed by atoms with E-state index in [1.165, 1.54) is 24.3 Å². The summed E-state index contributed by atoms with van der Waals surface area (Å²) in [5, 5.41) is 37.9. The van der Waals surface area contributed by atoms with Crippen molar-refractivity contribution in [2.45, 2.75) is 167 Å². The summed E-state index contributed by atoms with van der Waals surface area (Å²) >= 11 is 0. The summed E-state index contributed by atoms with van der Waals surface area (Å²) in [6.07, 6.45) is 15.3. The normalized spacial score (nSPS) is 15.5. The molecule has 5 aromatic rings. The lowest BCUT2D eigenvalue weighted by Gasteiger charge is -2.34. The van der Waals surface area contributed by atoms with Crippen LogP contribution in [0.3, 0.4) is 0 Å². The first kappa shape index (κ1) is 87.1. The SMILES string of the molecule is C=CCN(C(=O)Cc1ccc(C(N)=O)cc1)C1CCNCC1.CCCN(C(=O)Cc1ccc(C(N)=O)cc1)C1CCNCC1.CCCN(C(=O)Cc1ccc([N+](=O)[O-])cc1)C1CCNCC1.CCN(C(=O)Cc1ccc(C(N)=O)cc1)C1CCNCC1.CCN(C(=O)Cc1ccc([N+](=O)[O-])cc1)C1CCNCC1. The number of primary amides is 3. The minimum Gasteiger partial charge on any atom is -0.366 e. The van der Waals surface area contributed by atoms with Gasteiger partial charge < -0.3 is 68.3 Å². The Bertz CT molecular complexity index is 3460. The first-order chi connectivity index (χ1) is 52.1. The van der Waals surface area contributed by atoms with E-state index >= 15 is 0 Å². The van der Waals surface area contributed by atoms with Crippen molar-refractivity contribution in [3.8, 4) is 0 Å². The van der Waals surface area contributed by atoms with E-state index in [0.717, 1.165) is 190 Å². The summed E-state index contributed by atoms with van der Waals surface area (Å²) in [6.45, 7) is 25.1. The van der Waals surface area contributed by atoms with Crippen molar-refractivity contribution >= 4 is 58.6 Å². The molecule has 5 saturated heterocycles. The Morgan fingerprint density at radius 3 is 0.769 bits per heavy atom. The number of benzene rings is 5. The Balaban J connectivity index is 0.000000211. The quantitative estimate of drug-likeness (QED) is 0.0139. The maximum Gasteiger partial charge on any atom is 0.269 e. The van der Waals surface area contributed by atoms with Gasteiger partial charge in [0.25, 0.3) is 11.4 Å². The summed E-state index contributed by atoms with van der Waals surface area (Å²) in [5.74, 6) is -0.727.